The van der Waals surface area contributed by atoms with Gasteiger partial charge in [0.05, 0.1) is 17.8 Å². The molecule has 6 aliphatic rings. The fourth-order valence-electron chi connectivity index (χ4n) is 13.2. The van der Waals surface area contributed by atoms with Crippen LogP contribution in [-0.2, 0) is 14.3 Å². The highest BCUT2D eigenvalue weighted by atomic mass is 16.5. The Morgan fingerprint density at radius 3 is 2.37 bits per heavy atom. The maximum Gasteiger partial charge on any atom is 0.173 e. The molecule has 1 heterocycles. The largest absolute Gasteiger partial charge is 0.392 e. The van der Waals surface area contributed by atoms with Crippen LogP contribution in [0.4, 0.5) is 0 Å². The van der Waals surface area contributed by atoms with Crippen LogP contribution in [0, 0.1) is 63.6 Å². The lowest BCUT2D eigenvalue weighted by Crippen LogP contribution is -2.67. The molecule has 4 saturated carbocycles. The molecule has 13 atom stereocenters. The first-order valence-electron chi connectivity index (χ1n) is 17.9. The van der Waals surface area contributed by atoms with Crippen molar-refractivity contribution in [3.05, 3.63) is 11.1 Å². The van der Waals surface area contributed by atoms with Gasteiger partial charge in [0, 0.05) is 19.1 Å². The van der Waals surface area contributed by atoms with E-state index >= 15 is 0 Å². The third-order valence-corrected chi connectivity index (χ3v) is 15.1. The van der Waals surface area contributed by atoms with Gasteiger partial charge in [-0.05, 0) is 143 Å². The molecule has 0 spiro atoms. The average Bonchev–Trinajstić information content (AvgIpc) is 3.43. The van der Waals surface area contributed by atoms with Crippen LogP contribution in [0.15, 0.2) is 11.1 Å². The Bertz CT molecular complexity index is 1140. The number of allylic oxidation sites excluding steroid dienone is 2. The molecule has 5 nitrogen and oxygen atoms in total. The van der Waals surface area contributed by atoms with Crippen molar-refractivity contribution in [1.82, 2.24) is 4.90 Å². The van der Waals surface area contributed by atoms with Gasteiger partial charge in [-0.1, -0.05) is 46.6 Å². The maximum atomic E-state index is 14.3. The van der Waals surface area contributed by atoms with Gasteiger partial charge >= 0.3 is 0 Å². The number of aliphatic hydroxyl groups is 1. The normalized spacial score (nSPS) is 50.7. The Morgan fingerprint density at radius 1 is 1.02 bits per heavy atom. The van der Waals surface area contributed by atoms with E-state index in [9.17, 15) is 14.7 Å². The molecule has 0 aromatic heterocycles. The number of hydrogen-bond acceptors (Lipinski definition) is 5. The Kier molecular flexibility index (Phi) is 8.42. The van der Waals surface area contributed by atoms with Crippen LogP contribution in [0.2, 0.25) is 0 Å². The summed E-state index contributed by atoms with van der Waals surface area (Å²) in [5.74, 6) is 3.20. The zero-order valence-corrected chi connectivity index (χ0v) is 28.6. The van der Waals surface area contributed by atoms with E-state index in [-0.39, 0.29) is 40.2 Å². The van der Waals surface area contributed by atoms with Crippen molar-refractivity contribution in [2.45, 2.75) is 125 Å². The van der Waals surface area contributed by atoms with Crippen LogP contribution in [0.25, 0.3) is 0 Å². The van der Waals surface area contributed by atoms with E-state index in [2.05, 4.69) is 39.5 Å². The Hall–Kier alpha value is -1.04. The number of Topliss-reactive ketones (excluding diaryl/α,β-unsaturated/α-hetero) is 2. The maximum absolute atomic E-state index is 14.3. The Balaban J connectivity index is 1.33. The molecular formula is C38H61NO4. The molecule has 10 unspecified atom stereocenters. The zero-order valence-electron chi connectivity index (χ0n) is 28.6. The summed E-state index contributed by atoms with van der Waals surface area (Å²) in [7, 11) is 1.93. The van der Waals surface area contributed by atoms with Gasteiger partial charge in [0.1, 0.15) is 0 Å². The minimum atomic E-state index is -0.643. The van der Waals surface area contributed by atoms with E-state index in [0.29, 0.717) is 35.3 Å². The quantitative estimate of drug-likeness (QED) is 0.343. The summed E-state index contributed by atoms with van der Waals surface area (Å²) >= 11 is 0. The fourth-order valence-corrected chi connectivity index (χ4v) is 13.2. The lowest BCUT2D eigenvalue weighted by Gasteiger charge is -2.69. The van der Waals surface area contributed by atoms with Crippen molar-refractivity contribution >= 4 is 11.6 Å². The molecule has 242 valence electrons. The first-order valence-corrected chi connectivity index (χ1v) is 17.9. The fraction of sp³-hybridized carbons (Fsp3) is 0.895. The third kappa shape index (κ3) is 4.87. The van der Waals surface area contributed by atoms with E-state index in [1.54, 1.807) is 6.92 Å². The summed E-state index contributed by atoms with van der Waals surface area (Å²) in [5, 5.41) is 12.6. The number of likely N-dealkylation sites (tertiary alicyclic amines) is 1. The van der Waals surface area contributed by atoms with Gasteiger partial charge in [0.25, 0.3) is 0 Å². The molecule has 5 fully saturated rings. The van der Waals surface area contributed by atoms with E-state index in [1.807, 2.05) is 14.0 Å². The molecule has 0 radical (unpaired) electrons. The predicted molar refractivity (Wildman–Crippen MR) is 171 cm³/mol. The number of carbonyl (C=O) groups excluding carboxylic acids is 2. The highest BCUT2D eigenvalue weighted by molar-refractivity contribution is 6.22. The molecule has 0 aromatic rings. The first kappa shape index (κ1) is 31.9. The van der Waals surface area contributed by atoms with Gasteiger partial charge in [0.15, 0.2) is 11.6 Å². The van der Waals surface area contributed by atoms with Crippen molar-refractivity contribution in [3.63, 3.8) is 0 Å². The van der Waals surface area contributed by atoms with Gasteiger partial charge in [-0.25, -0.2) is 0 Å². The molecule has 6 rings (SSSR count). The monoisotopic (exact) mass is 595 g/mol. The molecule has 5 aliphatic carbocycles. The highest BCUT2D eigenvalue weighted by Crippen LogP contribution is 2.71. The van der Waals surface area contributed by atoms with Crippen molar-refractivity contribution in [2.75, 3.05) is 26.7 Å². The summed E-state index contributed by atoms with van der Waals surface area (Å²) in [6.45, 7) is 18.9. The number of ketones is 2. The van der Waals surface area contributed by atoms with E-state index < -0.39 is 11.5 Å². The first-order chi connectivity index (χ1) is 20.3. The lowest BCUT2D eigenvalue weighted by atomic mass is 9.35. The number of carbonyl (C=O) groups is 2. The van der Waals surface area contributed by atoms with Crippen molar-refractivity contribution < 1.29 is 19.4 Å². The summed E-state index contributed by atoms with van der Waals surface area (Å²) in [5.41, 5.74) is 0.511. The SMILES string of the molecule is COC1CCC(CN2CCCC2)CC1C1CCC(C)C2C(O)C3C(C)[C@]4(C)C(=O)C(C(C)=O)=C(C)C[C@]4(C)C[C@]3(C)CC12. The van der Waals surface area contributed by atoms with Crippen LogP contribution in [0.1, 0.15) is 113 Å². The molecule has 5 heteroatoms. The minimum absolute atomic E-state index is 0.0148. The standard InChI is InChI=1S/C38H61NO4/c1-22-11-13-27(28-17-26(12-14-30(28)43-8)20-39-15-9-10-16-39)29-19-36(5)21-37(6)18-23(2)31(25(4)40)35(42)38(37,7)24(3)33(36)34(41)32(22)29/h22,24,26-30,32-34,41H,9-21H2,1-8H3/t22?,24?,26?,27?,28?,29?,30?,32?,33?,34?,36-,37+,38+/m0/s1. The molecule has 1 saturated heterocycles. The van der Waals surface area contributed by atoms with Crippen molar-refractivity contribution in [2.24, 2.45) is 63.6 Å². The Morgan fingerprint density at radius 2 is 1.72 bits per heavy atom. The van der Waals surface area contributed by atoms with E-state index in [4.69, 9.17) is 4.74 Å². The molecule has 1 N–H and O–H groups in total. The van der Waals surface area contributed by atoms with Gasteiger partial charge < -0.3 is 14.7 Å². The van der Waals surface area contributed by atoms with Gasteiger partial charge in [-0.15, -0.1) is 0 Å². The molecule has 1 aliphatic heterocycles. The summed E-state index contributed by atoms with van der Waals surface area (Å²) < 4.78 is 6.26. The number of fused-ring (bicyclic) bond motifs is 3. The van der Waals surface area contributed by atoms with Crippen LogP contribution in [0.3, 0.4) is 0 Å². The van der Waals surface area contributed by atoms with E-state index in [0.717, 1.165) is 30.8 Å². The molecule has 0 amide bonds. The summed E-state index contributed by atoms with van der Waals surface area (Å²) in [4.78, 5) is 29.7. The minimum Gasteiger partial charge on any atom is -0.392 e. The number of ether oxygens (including phenoxy) is 1. The van der Waals surface area contributed by atoms with Crippen molar-refractivity contribution in [1.29, 1.82) is 0 Å². The second-order valence-corrected chi connectivity index (χ2v) is 17.4. The highest BCUT2D eigenvalue weighted by Gasteiger charge is 2.69. The number of methoxy groups -OCH3 is 1. The number of aliphatic hydroxyl groups excluding tert-OH is 1. The molecule has 0 aromatic carbocycles. The predicted octanol–water partition coefficient (Wildman–Crippen LogP) is 7.11. The van der Waals surface area contributed by atoms with Crippen LogP contribution in [-0.4, -0.2) is 60.5 Å². The van der Waals surface area contributed by atoms with Crippen molar-refractivity contribution in [3.8, 4) is 0 Å². The number of hydrogen-bond donors (Lipinski definition) is 1. The number of nitrogens with zero attached hydrogens (tertiary/aromatic N) is 1. The van der Waals surface area contributed by atoms with Crippen LogP contribution in [0.5, 0.6) is 0 Å². The zero-order chi connectivity index (χ0) is 31.1. The number of rotatable bonds is 5. The van der Waals surface area contributed by atoms with Gasteiger partial charge in [-0.3, -0.25) is 9.59 Å². The topological polar surface area (TPSA) is 66.8 Å². The molecule has 43 heavy (non-hydrogen) atoms. The lowest BCUT2D eigenvalue weighted by molar-refractivity contribution is -0.227. The van der Waals surface area contributed by atoms with E-state index in [1.165, 1.54) is 64.6 Å². The van der Waals surface area contributed by atoms with Gasteiger partial charge in [0.2, 0.25) is 0 Å². The third-order valence-electron chi connectivity index (χ3n) is 15.1. The summed E-state index contributed by atoms with van der Waals surface area (Å²) in [6, 6.07) is 0. The second-order valence-electron chi connectivity index (χ2n) is 17.4. The Labute approximate surface area is 262 Å². The molecular weight excluding hydrogens is 534 g/mol. The summed E-state index contributed by atoms with van der Waals surface area (Å²) in [6.07, 6.45) is 11.7. The smallest absolute Gasteiger partial charge is 0.173 e. The van der Waals surface area contributed by atoms with Gasteiger partial charge in [-0.2, -0.15) is 0 Å². The average molecular weight is 596 g/mol. The van der Waals surface area contributed by atoms with Crippen LogP contribution < -0.4 is 0 Å². The molecule has 0 bridgehead atoms. The van der Waals surface area contributed by atoms with Crippen LogP contribution >= 0.6 is 0 Å². The second kappa shape index (κ2) is 11.3.